The smallest absolute Gasteiger partial charge is 0.292 e. The molecule has 1 aromatic carbocycles. The van der Waals surface area contributed by atoms with E-state index in [0.29, 0.717) is 25.9 Å². The summed E-state index contributed by atoms with van der Waals surface area (Å²) >= 11 is 0. The Morgan fingerprint density at radius 2 is 1.90 bits per heavy atom. The highest BCUT2D eigenvalue weighted by Crippen LogP contribution is 2.24. The highest BCUT2D eigenvalue weighted by molar-refractivity contribution is 5.95. The number of piperidine rings is 1. The van der Waals surface area contributed by atoms with Gasteiger partial charge in [0, 0.05) is 30.6 Å². The van der Waals surface area contributed by atoms with Crippen molar-refractivity contribution >= 4 is 23.2 Å². The minimum Gasteiger partial charge on any atom is -0.393 e. The first kappa shape index (κ1) is 14.8. The molecule has 1 heterocycles. The number of benzene rings is 1. The molecule has 1 aliphatic rings. The van der Waals surface area contributed by atoms with E-state index in [1.807, 2.05) is 0 Å². The third-order valence-corrected chi connectivity index (χ3v) is 3.66. The van der Waals surface area contributed by atoms with Gasteiger partial charge in [0.15, 0.2) is 0 Å². The van der Waals surface area contributed by atoms with Gasteiger partial charge in [-0.15, -0.1) is 0 Å². The fourth-order valence-corrected chi connectivity index (χ4v) is 2.38. The number of likely N-dealkylation sites (tertiary alicyclic amines) is 1. The molecule has 1 aromatic rings. The molecule has 4 N–H and O–H groups in total. The van der Waals surface area contributed by atoms with E-state index in [-0.39, 0.29) is 34.7 Å². The van der Waals surface area contributed by atoms with Crippen molar-refractivity contribution in [1.82, 2.24) is 4.90 Å². The van der Waals surface area contributed by atoms with Gasteiger partial charge in [-0.25, -0.2) is 0 Å². The fraction of sp³-hybridized carbons (Fsp3) is 0.385. The van der Waals surface area contributed by atoms with Crippen LogP contribution in [0.15, 0.2) is 18.2 Å². The van der Waals surface area contributed by atoms with E-state index in [0.717, 1.165) is 0 Å². The number of nitrogens with zero attached hydrogens (tertiary/aromatic N) is 2. The summed E-state index contributed by atoms with van der Waals surface area (Å²) in [4.78, 5) is 35.2. The molecule has 112 valence electrons. The highest BCUT2D eigenvalue weighted by Gasteiger charge is 2.27. The van der Waals surface area contributed by atoms with E-state index in [4.69, 9.17) is 11.5 Å². The molecule has 0 aromatic heterocycles. The summed E-state index contributed by atoms with van der Waals surface area (Å²) in [5.41, 5.74) is 10.7. The number of primary amides is 1. The number of carbonyl (C=O) groups excluding carboxylic acids is 2. The molecule has 0 unspecified atom stereocenters. The number of anilines is 1. The number of carbonyl (C=O) groups is 2. The Hall–Kier alpha value is -2.64. The SMILES string of the molecule is NC(=O)C1CCN(C(=O)c2ccc(N)c([N+](=O)[O-])c2)CC1. The van der Waals surface area contributed by atoms with Crippen LogP contribution in [-0.4, -0.2) is 34.7 Å². The Labute approximate surface area is 120 Å². The maximum absolute atomic E-state index is 12.3. The molecule has 8 heteroatoms. The van der Waals surface area contributed by atoms with Crippen LogP contribution in [0, 0.1) is 16.0 Å². The Morgan fingerprint density at radius 1 is 1.29 bits per heavy atom. The molecule has 1 saturated heterocycles. The first-order valence-corrected chi connectivity index (χ1v) is 6.52. The largest absolute Gasteiger partial charge is 0.393 e. The van der Waals surface area contributed by atoms with Crippen LogP contribution in [0.1, 0.15) is 23.2 Å². The Kier molecular flexibility index (Phi) is 4.06. The third-order valence-electron chi connectivity index (χ3n) is 3.66. The number of amides is 2. The van der Waals surface area contributed by atoms with Crippen molar-refractivity contribution in [3.05, 3.63) is 33.9 Å². The first-order chi connectivity index (χ1) is 9.90. The lowest BCUT2D eigenvalue weighted by molar-refractivity contribution is -0.383. The van der Waals surface area contributed by atoms with E-state index >= 15 is 0 Å². The normalized spacial score (nSPS) is 15.7. The van der Waals surface area contributed by atoms with Gasteiger partial charge in [-0.2, -0.15) is 0 Å². The lowest BCUT2D eigenvalue weighted by atomic mass is 9.96. The number of nitro groups is 1. The minimum absolute atomic E-state index is 0.0176. The topological polar surface area (TPSA) is 133 Å². The molecule has 0 spiro atoms. The number of nitrogens with two attached hydrogens (primary N) is 2. The van der Waals surface area contributed by atoms with Crippen LogP contribution in [0.3, 0.4) is 0 Å². The molecule has 0 saturated carbocycles. The van der Waals surface area contributed by atoms with Gasteiger partial charge in [0.1, 0.15) is 5.69 Å². The fourth-order valence-electron chi connectivity index (χ4n) is 2.38. The number of rotatable bonds is 3. The first-order valence-electron chi connectivity index (χ1n) is 6.52. The van der Waals surface area contributed by atoms with Crippen molar-refractivity contribution in [3.8, 4) is 0 Å². The molecule has 0 radical (unpaired) electrons. The molecular weight excluding hydrogens is 276 g/mol. The summed E-state index contributed by atoms with van der Waals surface area (Å²) in [5.74, 6) is -0.874. The Balaban J connectivity index is 2.13. The standard InChI is InChI=1S/C13H16N4O4/c14-10-2-1-9(7-11(10)17(20)21)13(19)16-5-3-8(4-6-16)12(15)18/h1-2,7-8H,3-6,14H2,(H2,15,18). The number of hydrogen-bond donors (Lipinski definition) is 2. The average molecular weight is 292 g/mol. The number of hydrogen-bond acceptors (Lipinski definition) is 5. The van der Waals surface area contributed by atoms with Gasteiger partial charge < -0.3 is 16.4 Å². The van der Waals surface area contributed by atoms with Gasteiger partial charge >= 0.3 is 0 Å². The van der Waals surface area contributed by atoms with Crippen LogP contribution < -0.4 is 11.5 Å². The minimum atomic E-state index is -0.620. The second kappa shape index (κ2) is 5.78. The second-order valence-electron chi connectivity index (χ2n) is 5.00. The van der Waals surface area contributed by atoms with Crippen molar-refractivity contribution in [2.75, 3.05) is 18.8 Å². The van der Waals surface area contributed by atoms with Crippen LogP contribution >= 0.6 is 0 Å². The van der Waals surface area contributed by atoms with Crippen LogP contribution in [0.5, 0.6) is 0 Å². The molecule has 2 rings (SSSR count). The molecule has 2 amide bonds. The lowest BCUT2D eigenvalue weighted by Crippen LogP contribution is -2.41. The summed E-state index contributed by atoms with van der Waals surface area (Å²) in [7, 11) is 0. The zero-order valence-corrected chi connectivity index (χ0v) is 11.3. The van der Waals surface area contributed by atoms with Crippen molar-refractivity contribution < 1.29 is 14.5 Å². The molecular formula is C13H16N4O4. The van der Waals surface area contributed by atoms with Gasteiger partial charge in [-0.3, -0.25) is 19.7 Å². The molecule has 0 aliphatic carbocycles. The summed E-state index contributed by atoms with van der Waals surface area (Å²) in [6.07, 6.45) is 1.02. The van der Waals surface area contributed by atoms with E-state index in [1.54, 1.807) is 4.90 Å². The summed E-state index contributed by atoms with van der Waals surface area (Å²) in [5, 5.41) is 10.8. The quantitative estimate of drug-likeness (QED) is 0.476. The molecule has 1 fully saturated rings. The maximum Gasteiger partial charge on any atom is 0.292 e. The zero-order chi connectivity index (χ0) is 15.6. The van der Waals surface area contributed by atoms with Crippen LogP contribution in [0.25, 0.3) is 0 Å². The van der Waals surface area contributed by atoms with Crippen LogP contribution in [0.2, 0.25) is 0 Å². The Morgan fingerprint density at radius 3 is 2.43 bits per heavy atom. The lowest BCUT2D eigenvalue weighted by Gasteiger charge is -2.30. The number of nitro benzene ring substituents is 1. The third kappa shape index (κ3) is 3.10. The van der Waals surface area contributed by atoms with E-state index < -0.39 is 4.92 Å². The highest BCUT2D eigenvalue weighted by atomic mass is 16.6. The van der Waals surface area contributed by atoms with E-state index in [1.165, 1.54) is 18.2 Å². The predicted octanol–water partition coefficient (Wildman–Crippen LogP) is 0.515. The van der Waals surface area contributed by atoms with E-state index in [9.17, 15) is 19.7 Å². The van der Waals surface area contributed by atoms with Gasteiger partial charge in [-0.05, 0) is 25.0 Å². The van der Waals surface area contributed by atoms with Crippen LogP contribution in [-0.2, 0) is 4.79 Å². The molecule has 0 atom stereocenters. The maximum atomic E-state index is 12.3. The van der Waals surface area contributed by atoms with Gasteiger partial charge in [0.25, 0.3) is 11.6 Å². The van der Waals surface area contributed by atoms with Gasteiger partial charge in [0.2, 0.25) is 5.91 Å². The predicted molar refractivity (Wildman–Crippen MR) is 75.3 cm³/mol. The van der Waals surface area contributed by atoms with Crippen molar-refractivity contribution in [2.45, 2.75) is 12.8 Å². The molecule has 8 nitrogen and oxygen atoms in total. The van der Waals surface area contributed by atoms with Crippen molar-refractivity contribution in [1.29, 1.82) is 0 Å². The Bertz CT molecular complexity index is 594. The summed E-state index contributed by atoms with van der Waals surface area (Å²) in [6, 6.07) is 3.99. The zero-order valence-electron chi connectivity index (χ0n) is 11.3. The molecule has 0 bridgehead atoms. The number of nitrogen functional groups attached to an aromatic ring is 1. The monoisotopic (exact) mass is 292 g/mol. The van der Waals surface area contributed by atoms with Crippen molar-refractivity contribution in [2.24, 2.45) is 11.7 Å². The van der Waals surface area contributed by atoms with Gasteiger partial charge in [0.05, 0.1) is 4.92 Å². The average Bonchev–Trinajstić information content (AvgIpc) is 2.46. The van der Waals surface area contributed by atoms with Crippen LogP contribution in [0.4, 0.5) is 11.4 Å². The van der Waals surface area contributed by atoms with Crippen molar-refractivity contribution in [3.63, 3.8) is 0 Å². The van der Waals surface area contributed by atoms with Gasteiger partial charge in [-0.1, -0.05) is 0 Å². The molecule has 21 heavy (non-hydrogen) atoms. The second-order valence-corrected chi connectivity index (χ2v) is 5.00. The summed E-state index contributed by atoms with van der Waals surface area (Å²) in [6.45, 7) is 0.815. The summed E-state index contributed by atoms with van der Waals surface area (Å²) < 4.78 is 0. The van der Waals surface area contributed by atoms with E-state index in [2.05, 4.69) is 0 Å². The molecule has 1 aliphatic heterocycles.